The fraction of sp³-hybridized carbons (Fsp3) is 0.400. The number of hydrogen-bond donors (Lipinski definition) is 2. The van der Waals surface area contributed by atoms with Gasteiger partial charge < -0.3 is 19.9 Å². The van der Waals surface area contributed by atoms with Gasteiger partial charge in [-0.15, -0.1) is 0 Å². The van der Waals surface area contributed by atoms with Gasteiger partial charge in [-0.3, -0.25) is 0 Å². The number of fused-ring (bicyclic) bond motifs is 1. The molecule has 1 aliphatic heterocycles. The summed E-state index contributed by atoms with van der Waals surface area (Å²) in [5.74, 6) is 1.41. The van der Waals surface area contributed by atoms with Gasteiger partial charge in [0.25, 0.3) is 0 Å². The Morgan fingerprint density at radius 1 is 1.50 bits per heavy atom. The minimum absolute atomic E-state index is 0.0206. The SMILES string of the molecule is CNc1ccc2c(c1)OCC(CO)O2. The van der Waals surface area contributed by atoms with Crippen molar-refractivity contribution in [2.75, 3.05) is 25.6 Å². The summed E-state index contributed by atoms with van der Waals surface area (Å²) >= 11 is 0. The maximum Gasteiger partial charge on any atom is 0.163 e. The number of nitrogens with one attached hydrogen (secondary N) is 1. The Morgan fingerprint density at radius 3 is 3.07 bits per heavy atom. The predicted octanol–water partition coefficient (Wildman–Crippen LogP) is 0.860. The lowest BCUT2D eigenvalue weighted by molar-refractivity contribution is 0.0457. The lowest BCUT2D eigenvalue weighted by Gasteiger charge is -2.25. The maximum absolute atomic E-state index is 8.90. The molecule has 0 amide bonds. The molecular formula is C10H13NO3. The van der Waals surface area contributed by atoms with Crippen LogP contribution in [0.25, 0.3) is 0 Å². The van der Waals surface area contributed by atoms with Crippen LogP contribution < -0.4 is 14.8 Å². The minimum atomic E-state index is -0.247. The molecule has 4 nitrogen and oxygen atoms in total. The highest BCUT2D eigenvalue weighted by Crippen LogP contribution is 2.33. The van der Waals surface area contributed by atoms with E-state index in [2.05, 4.69) is 5.32 Å². The molecule has 1 aliphatic rings. The van der Waals surface area contributed by atoms with Crippen LogP contribution in [0.1, 0.15) is 0 Å². The first-order valence-corrected chi connectivity index (χ1v) is 4.55. The Labute approximate surface area is 82.5 Å². The van der Waals surface area contributed by atoms with Gasteiger partial charge in [-0.2, -0.15) is 0 Å². The topological polar surface area (TPSA) is 50.7 Å². The van der Waals surface area contributed by atoms with Gasteiger partial charge in [-0.25, -0.2) is 0 Å². The normalized spacial score (nSPS) is 19.1. The molecule has 0 radical (unpaired) electrons. The minimum Gasteiger partial charge on any atom is -0.486 e. The van der Waals surface area contributed by atoms with E-state index in [1.807, 2.05) is 25.2 Å². The van der Waals surface area contributed by atoms with E-state index in [9.17, 15) is 0 Å². The van der Waals surface area contributed by atoms with Crippen LogP contribution >= 0.6 is 0 Å². The molecule has 0 saturated heterocycles. The zero-order chi connectivity index (χ0) is 9.97. The van der Waals surface area contributed by atoms with E-state index in [1.165, 1.54) is 0 Å². The van der Waals surface area contributed by atoms with E-state index in [1.54, 1.807) is 0 Å². The van der Waals surface area contributed by atoms with Crippen molar-refractivity contribution in [1.29, 1.82) is 0 Å². The van der Waals surface area contributed by atoms with Crippen LogP contribution in [0.15, 0.2) is 18.2 Å². The van der Waals surface area contributed by atoms with Crippen molar-refractivity contribution in [3.05, 3.63) is 18.2 Å². The number of aliphatic hydroxyl groups is 1. The average molecular weight is 195 g/mol. The van der Waals surface area contributed by atoms with Crippen LogP contribution in [0.4, 0.5) is 5.69 Å². The maximum atomic E-state index is 8.90. The van der Waals surface area contributed by atoms with Crippen LogP contribution in [-0.4, -0.2) is 31.5 Å². The molecule has 76 valence electrons. The van der Waals surface area contributed by atoms with Gasteiger partial charge in [0.15, 0.2) is 17.6 Å². The smallest absolute Gasteiger partial charge is 0.163 e. The van der Waals surface area contributed by atoms with Crippen molar-refractivity contribution in [2.24, 2.45) is 0 Å². The molecule has 4 heteroatoms. The van der Waals surface area contributed by atoms with E-state index in [4.69, 9.17) is 14.6 Å². The molecule has 0 bridgehead atoms. The Balaban J connectivity index is 2.23. The zero-order valence-corrected chi connectivity index (χ0v) is 7.99. The molecule has 1 aromatic rings. The molecule has 2 N–H and O–H groups in total. The van der Waals surface area contributed by atoms with Crippen LogP contribution in [0.3, 0.4) is 0 Å². The third kappa shape index (κ3) is 1.61. The Bertz CT molecular complexity index is 327. The molecule has 1 aromatic carbocycles. The molecule has 2 rings (SSSR count). The second-order valence-electron chi connectivity index (χ2n) is 3.14. The van der Waals surface area contributed by atoms with Gasteiger partial charge in [-0.1, -0.05) is 0 Å². The summed E-state index contributed by atoms with van der Waals surface area (Å²) in [7, 11) is 1.85. The Kier molecular flexibility index (Phi) is 2.45. The highest BCUT2D eigenvalue weighted by Gasteiger charge is 2.19. The molecule has 1 atom stereocenters. The number of hydrogen-bond acceptors (Lipinski definition) is 4. The summed E-state index contributed by atoms with van der Waals surface area (Å²) in [6.07, 6.45) is -0.247. The van der Waals surface area contributed by atoms with Crippen molar-refractivity contribution in [3.8, 4) is 11.5 Å². The second-order valence-corrected chi connectivity index (χ2v) is 3.14. The highest BCUT2D eigenvalue weighted by atomic mass is 16.6. The molecule has 0 saturated carbocycles. The first kappa shape index (κ1) is 9.15. The largest absolute Gasteiger partial charge is 0.486 e. The fourth-order valence-corrected chi connectivity index (χ4v) is 1.36. The van der Waals surface area contributed by atoms with Gasteiger partial charge in [-0.05, 0) is 12.1 Å². The summed E-state index contributed by atoms with van der Waals surface area (Å²) in [5.41, 5.74) is 0.981. The predicted molar refractivity (Wildman–Crippen MR) is 53.0 cm³/mol. The van der Waals surface area contributed by atoms with Gasteiger partial charge in [0.05, 0.1) is 6.61 Å². The van der Waals surface area contributed by atoms with Crippen LogP contribution in [0.5, 0.6) is 11.5 Å². The van der Waals surface area contributed by atoms with Gasteiger partial charge in [0.1, 0.15) is 6.61 Å². The van der Waals surface area contributed by atoms with Crippen molar-refractivity contribution >= 4 is 5.69 Å². The van der Waals surface area contributed by atoms with E-state index in [-0.39, 0.29) is 12.7 Å². The standard InChI is InChI=1S/C10H13NO3/c1-11-7-2-3-9-10(4-7)13-6-8(5-12)14-9/h2-4,8,11-12H,5-6H2,1H3. The third-order valence-electron chi connectivity index (χ3n) is 2.15. The first-order chi connectivity index (χ1) is 6.83. The van der Waals surface area contributed by atoms with Crippen molar-refractivity contribution in [2.45, 2.75) is 6.10 Å². The summed E-state index contributed by atoms with van der Waals surface area (Å²) in [4.78, 5) is 0. The number of rotatable bonds is 2. The Morgan fingerprint density at radius 2 is 2.36 bits per heavy atom. The number of aliphatic hydroxyl groups excluding tert-OH is 1. The molecule has 1 heterocycles. The summed E-state index contributed by atoms with van der Waals surface area (Å²) in [6, 6.07) is 5.62. The monoisotopic (exact) mass is 195 g/mol. The van der Waals surface area contributed by atoms with E-state index < -0.39 is 0 Å². The van der Waals surface area contributed by atoms with Gasteiger partial charge >= 0.3 is 0 Å². The molecule has 1 unspecified atom stereocenters. The highest BCUT2D eigenvalue weighted by molar-refractivity contribution is 5.54. The van der Waals surface area contributed by atoms with E-state index in [0.29, 0.717) is 12.4 Å². The quantitative estimate of drug-likeness (QED) is 0.735. The Hall–Kier alpha value is -1.42. The van der Waals surface area contributed by atoms with Gasteiger partial charge in [0, 0.05) is 18.8 Å². The fourth-order valence-electron chi connectivity index (χ4n) is 1.36. The average Bonchev–Trinajstić information content (AvgIpc) is 2.27. The third-order valence-corrected chi connectivity index (χ3v) is 2.15. The second kappa shape index (κ2) is 3.75. The molecule has 0 aliphatic carbocycles. The molecule has 0 fully saturated rings. The van der Waals surface area contributed by atoms with Crippen molar-refractivity contribution in [3.63, 3.8) is 0 Å². The molecule has 0 aromatic heterocycles. The lowest BCUT2D eigenvalue weighted by atomic mass is 10.2. The number of ether oxygens (including phenoxy) is 2. The zero-order valence-electron chi connectivity index (χ0n) is 7.99. The number of benzene rings is 1. The van der Waals surface area contributed by atoms with Crippen LogP contribution in [0, 0.1) is 0 Å². The van der Waals surface area contributed by atoms with Crippen LogP contribution in [-0.2, 0) is 0 Å². The molecule has 14 heavy (non-hydrogen) atoms. The lowest BCUT2D eigenvalue weighted by Crippen LogP contribution is -2.32. The number of anilines is 1. The van der Waals surface area contributed by atoms with E-state index >= 15 is 0 Å². The summed E-state index contributed by atoms with van der Waals surface area (Å²) in [5, 5.41) is 11.9. The summed E-state index contributed by atoms with van der Waals surface area (Å²) < 4.78 is 10.9. The van der Waals surface area contributed by atoms with Crippen molar-refractivity contribution < 1.29 is 14.6 Å². The van der Waals surface area contributed by atoms with Crippen molar-refractivity contribution in [1.82, 2.24) is 0 Å². The summed E-state index contributed by atoms with van der Waals surface area (Å²) in [6.45, 7) is 0.379. The molecular weight excluding hydrogens is 182 g/mol. The van der Waals surface area contributed by atoms with Gasteiger partial charge in [0.2, 0.25) is 0 Å². The van der Waals surface area contributed by atoms with Crippen LogP contribution in [0.2, 0.25) is 0 Å². The molecule has 0 spiro atoms. The van der Waals surface area contributed by atoms with E-state index in [0.717, 1.165) is 11.4 Å². The first-order valence-electron chi connectivity index (χ1n) is 4.55.